The molecule has 0 saturated heterocycles. The van der Waals surface area contributed by atoms with Gasteiger partial charge in [0.15, 0.2) is 0 Å². The second kappa shape index (κ2) is 11.8. The summed E-state index contributed by atoms with van der Waals surface area (Å²) in [4.78, 5) is 0. The molecule has 0 radical (unpaired) electrons. The topological polar surface area (TPSA) is 0 Å². The maximum Gasteiger partial charge on any atom is 0.0636 e. The van der Waals surface area contributed by atoms with Gasteiger partial charge in [-0.2, -0.15) is 0 Å². The molecule has 0 atom stereocenters. The third-order valence-electron chi connectivity index (χ3n) is 6.61. The molecule has 0 aromatic heterocycles. The predicted octanol–water partition coefficient (Wildman–Crippen LogP) is 12.0. The maximum absolute atomic E-state index is 9.31. The molecule has 0 nitrogen and oxygen atoms in total. The quantitative estimate of drug-likeness (QED) is 0.187. The van der Waals surface area contributed by atoms with Gasteiger partial charge in [0.2, 0.25) is 0 Å². The maximum atomic E-state index is 9.31. The standard InChI is InChI=1S/C43H32/c1-31-19-21-33(22-20-31)37-12-6-16-41(28-37)43-18-8-14-39(30-43)35-25-23-34(24-26-35)38-13-7-17-42(29-38)40-15-5-11-36(27-40)32-9-3-2-4-10-32/h2-30H,1H3/i6D,7D,8D,12D,13D,14D,16D,17D,18D,19D,20D,21D,22D,23D,24D,25D,26D,29D,30D. The van der Waals surface area contributed by atoms with Gasteiger partial charge in [0.25, 0.3) is 0 Å². The van der Waals surface area contributed by atoms with E-state index >= 15 is 0 Å². The van der Waals surface area contributed by atoms with Crippen molar-refractivity contribution in [3.63, 3.8) is 0 Å². The molecule has 7 rings (SSSR count). The largest absolute Gasteiger partial charge is 0.0636 e. The minimum absolute atomic E-state index is 0.0153. The highest BCUT2D eigenvalue weighted by molar-refractivity contribution is 5.80. The Labute approximate surface area is 281 Å². The van der Waals surface area contributed by atoms with Crippen LogP contribution in [0.2, 0.25) is 0 Å². The van der Waals surface area contributed by atoms with E-state index in [2.05, 4.69) is 0 Å². The van der Waals surface area contributed by atoms with Gasteiger partial charge in [0.05, 0.1) is 26.0 Å². The summed E-state index contributed by atoms with van der Waals surface area (Å²) < 4.78 is 168. The Morgan fingerprint density at radius 3 is 1.28 bits per heavy atom. The van der Waals surface area contributed by atoms with Crippen molar-refractivity contribution >= 4 is 0 Å². The van der Waals surface area contributed by atoms with Crippen molar-refractivity contribution in [2.75, 3.05) is 0 Å². The fourth-order valence-electron chi connectivity index (χ4n) is 4.43. The lowest BCUT2D eigenvalue weighted by atomic mass is 9.94. The van der Waals surface area contributed by atoms with E-state index in [9.17, 15) is 2.74 Å². The third kappa shape index (κ3) is 5.82. The van der Waals surface area contributed by atoms with Crippen LogP contribution in [0.25, 0.3) is 66.8 Å². The molecule has 0 aliphatic heterocycles. The van der Waals surface area contributed by atoms with Gasteiger partial charge >= 0.3 is 0 Å². The van der Waals surface area contributed by atoms with Crippen molar-refractivity contribution in [1.82, 2.24) is 0 Å². The van der Waals surface area contributed by atoms with Crippen molar-refractivity contribution < 1.29 is 26.0 Å². The van der Waals surface area contributed by atoms with Crippen molar-refractivity contribution in [2.24, 2.45) is 0 Å². The Balaban J connectivity index is 1.49. The molecule has 43 heavy (non-hydrogen) atoms. The molecular weight excluding hydrogens is 516 g/mol. The fourth-order valence-corrected chi connectivity index (χ4v) is 4.43. The molecule has 0 aliphatic carbocycles. The van der Waals surface area contributed by atoms with Crippen LogP contribution in [0.1, 0.15) is 31.6 Å². The molecule has 0 heterocycles. The number of hydrogen-bond donors (Lipinski definition) is 0. The molecule has 0 bridgehead atoms. The lowest BCUT2D eigenvalue weighted by Crippen LogP contribution is -1.85. The SMILES string of the molecule is [2H]c1c(-c2c([2H])c([2H])c(C)c([2H])c2[2H])cc(-c2c([2H])c([2H])c([2H])c(-c3c([2H])c([2H])c(-c4c([2H])c([2H])c([2H])c(-c5cccc(-c6ccccc6)c5)c4[2H])c([2H])c3[2H])c2[2H])c([2H])c1[2H]. The van der Waals surface area contributed by atoms with Gasteiger partial charge < -0.3 is 0 Å². The Morgan fingerprint density at radius 1 is 0.326 bits per heavy atom. The number of benzene rings is 7. The zero-order chi connectivity index (χ0) is 45.5. The summed E-state index contributed by atoms with van der Waals surface area (Å²) in [5.41, 5.74) is -2.44. The predicted molar refractivity (Wildman–Crippen MR) is 184 cm³/mol. The molecule has 0 N–H and O–H groups in total. The van der Waals surface area contributed by atoms with E-state index in [1.54, 1.807) is 18.2 Å². The lowest BCUT2D eigenvalue weighted by molar-refractivity contribution is 1.47. The fraction of sp³-hybridized carbons (Fsp3) is 0.0233. The number of rotatable bonds is 6. The van der Waals surface area contributed by atoms with Crippen LogP contribution in [0.5, 0.6) is 0 Å². The highest BCUT2D eigenvalue weighted by atomic mass is 14.1. The molecule has 0 amide bonds. The first-order chi connectivity index (χ1) is 29.1. The molecule has 0 unspecified atom stereocenters. The van der Waals surface area contributed by atoms with E-state index < -0.39 is 154 Å². The van der Waals surface area contributed by atoms with Crippen LogP contribution >= 0.6 is 0 Å². The highest BCUT2D eigenvalue weighted by Gasteiger charge is 2.07. The van der Waals surface area contributed by atoms with E-state index in [0.29, 0.717) is 11.1 Å². The molecule has 0 saturated carbocycles. The summed E-state index contributed by atoms with van der Waals surface area (Å²) in [6, 6.07) is 3.69. The van der Waals surface area contributed by atoms with Gasteiger partial charge in [-0.1, -0.05) is 157 Å². The molecule has 0 fully saturated rings. The van der Waals surface area contributed by atoms with E-state index in [1.165, 1.54) is 6.92 Å². The Hall–Kier alpha value is -5.46. The van der Waals surface area contributed by atoms with Gasteiger partial charge in [-0.15, -0.1) is 0 Å². The van der Waals surface area contributed by atoms with Crippen LogP contribution in [0.4, 0.5) is 0 Å². The lowest BCUT2D eigenvalue weighted by Gasteiger charge is -2.10. The molecule has 7 aromatic carbocycles. The van der Waals surface area contributed by atoms with Crippen molar-refractivity contribution in [3.8, 4) is 66.8 Å². The van der Waals surface area contributed by atoms with Crippen LogP contribution in [-0.2, 0) is 0 Å². The Kier molecular flexibility index (Phi) is 3.52. The average molecular weight is 568 g/mol. The zero-order valence-electron chi connectivity index (χ0n) is 41.8. The van der Waals surface area contributed by atoms with E-state index in [0.717, 1.165) is 11.6 Å². The summed E-state index contributed by atoms with van der Waals surface area (Å²) in [6.07, 6.45) is 0. The van der Waals surface area contributed by atoms with Crippen LogP contribution < -0.4 is 0 Å². The minimum atomic E-state index is -0.878. The smallest absolute Gasteiger partial charge is 0.0622 e. The molecule has 0 spiro atoms. The normalized spacial score (nSPS) is 17.1. The van der Waals surface area contributed by atoms with Crippen molar-refractivity contribution in [2.45, 2.75) is 6.92 Å². The third-order valence-corrected chi connectivity index (χ3v) is 6.61. The van der Waals surface area contributed by atoms with Crippen LogP contribution in [0, 0.1) is 6.92 Å². The van der Waals surface area contributed by atoms with Gasteiger partial charge in [-0.3, -0.25) is 0 Å². The Bertz CT molecular complexity index is 3010. The average Bonchev–Trinajstić information content (AvgIpc) is 3.26. The van der Waals surface area contributed by atoms with Gasteiger partial charge in [-0.25, -0.2) is 0 Å². The highest BCUT2D eigenvalue weighted by Crippen LogP contribution is 2.33. The zero-order valence-corrected chi connectivity index (χ0v) is 22.8. The summed E-state index contributed by atoms with van der Waals surface area (Å²) in [5.74, 6) is 0. The molecule has 7 aromatic rings. The summed E-state index contributed by atoms with van der Waals surface area (Å²) in [7, 11) is 0. The summed E-state index contributed by atoms with van der Waals surface area (Å²) in [5, 5.41) is 0. The second-order valence-corrected chi connectivity index (χ2v) is 9.54. The second-order valence-electron chi connectivity index (χ2n) is 9.54. The van der Waals surface area contributed by atoms with E-state index in [-0.39, 0.29) is 16.7 Å². The Morgan fingerprint density at radius 2 is 0.698 bits per heavy atom. The molecule has 0 heteroatoms. The molecule has 204 valence electrons. The monoisotopic (exact) mass is 567 g/mol. The van der Waals surface area contributed by atoms with Crippen molar-refractivity contribution in [1.29, 1.82) is 0 Å². The first-order valence-electron chi connectivity index (χ1n) is 22.8. The summed E-state index contributed by atoms with van der Waals surface area (Å²) >= 11 is 0. The number of hydrogen-bond acceptors (Lipinski definition) is 0. The van der Waals surface area contributed by atoms with E-state index in [4.69, 9.17) is 23.3 Å². The van der Waals surface area contributed by atoms with E-state index in [1.807, 2.05) is 36.4 Å². The van der Waals surface area contributed by atoms with Crippen molar-refractivity contribution in [3.05, 3.63) is 181 Å². The van der Waals surface area contributed by atoms with Gasteiger partial charge in [0.1, 0.15) is 0 Å². The first kappa shape index (κ1) is 12.8. The minimum Gasteiger partial charge on any atom is -0.0622 e. The van der Waals surface area contributed by atoms with Gasteiger partial charge in [0, 0.05) is 0 Å². The van der Waals surface area contributed by atoms with Crippen LogP contribution in [0.15, 0.2) is 175 Å². The summed E-state index contributed by atoms with van der Waals surface area (Å²) in [6.45, 7) is 1.37. The first-order valence-corrected chi connectivity index (χ1v) is 13.3. The molecule has 0 aliphatic rings. The van der Waals surface area contributed by atoms with Crippen LogP contribution in [0.3, 0.4) is 0 Å². The molecular formula is C43H32. The van der Waals surface area contributed by atoms with Crippen LogP contribution in [-0.4, -0.2) is 0 Å². The van der Waals surface area contributed by atoms with Gasteiger partial charge in [-0.05, 0) is 97.9 Å².